The van der Waals surface area contributed by atoms with Gasteiger partial charge in [0.05, 0.1) is 20.0 Å². The highest BCUT2D eigenvalue weighted by atomic mass is 16.6. The van der Waals surface area contributed by atoms with E-state index in [1.807, 2.05) is 18.1 Å². The summed E-state index contributed by atoms with van der Waals surface area (Å²) in [5.74, 6) is 0. The van der Waals surface area contributed by atoms with Crippen LogP contribution in [0, 0.1) is 0 Å². The Balaban J connectivity index is 2.05. The Kier molecular flexibility index (Phi) is 3.36. The van der Waals surface area contributed by atoms with E-state index in [0.29, 0.717) is 18.7 Å². The summed E-state index contributed by atoms with van der Waals surface area (Å²) in [5, 5.41) is 0. The van der Waals surface area contributed by atoms with Crippen LogP contribution in [0.1, 0.15) is 32.6 Å². The summed E-state index contributed by atoms with van der Waals surface area (Å²) in [6, 6.07) is 0.637. The molecule has 4 heteroatoms. The molecule has 0 aromatic heterocycles. The van der Waals surface area contributed by atoms with Gasteiger partial charge in [0.15, 0.2) is 0 Å². The van der Waals surface area contributed by atoms with E-state index in [2.05, 4.69) is 0 Å². The molecule has 2 unspecified atom stereocenters. The number of fused-ring (bicyclic) bond motifs is 2. The number of ether oxygens (including phenoxy) is 2. The Morgan fingerprint density at radius 3 is 2.56 bits per heavy atom. The minimum absolute atomic E-state index is 0.147. The van der Waals surface area contributed by atoms with Crippen molar-refractivity contribution in [1.29, 1.82) is 0 Å². The number of methoxy groups -OCH3 is 1. The summed E-state index contributed by atoms with van der Waals surface area (Å²) in [6.07, 6.45) is 5.72. The molecule has 90 valence electrons. The first kappa shape index (κ1) is 11.3. The number of carbonyl (C=O) groups excluding carboxylic acids is 1. The van der Waals surface area contributed by atoms with E-state index in [1.54, 1.807) is 7.11 Å². The highest BCUT2D eigenvalue weighted by Crippen LogP contribution is 2.38. The first-order valence-corrected chi connectivity index (χ1v) is 5.92. The van der Waals surface area contributed by atoms with Crippen LogP contribution in [0.3, 0.4) is 0 Å². The average Bonchev–Trinajstić information content (AvgIpc) is 2.52. The maximum Gasteiger partial charge on any atom is 0.410 e. The fourth-order valence-corrected chi connectivity index (χ4v) is 2.81. The molecule has 0 saturated carbocycles. The summed E-state index contributed by atoms with van der Waals surface area (Å²) < 4.78 is 10.1. The van der Waals surface area contributed by atoms with Crippen molar-refractivity contribution < 1.29 is 14.3 Å². The zero-order chi connectivity index (χ0) is 11.5. The summed E-state index contributed by atoms with van der Waals surface area (Å²) in [7, 11) is 1.67. The van der Waals surface area contributed by atoms with Gasteiger partial charge in [0.2, 0.25) is 0 Å². The topological polar surface area (TPSA) is 38.8 Å². The smallest absolute Gasteiger partial charge is 0.410 e. The van der Waals surface area contributed by atoms with Crippen LogP contribution >= 0.6 is 0 Å². The highest BCUT2D eigenvalue weighted by Gasteiger charge is 2.42. The van der Waals surface area contributed by atoms with Crippen LogP contribution in [-0.2, 0) is 9.47 Å². The third-order valence-electron chi connectivity index (χ3n) is 3.38. The summed E-state index contributed by atoms with van der Waals surface area (Å²) in [6.45, 7) is 2.30. The first-order valence-electron chi connectivity index (χ1n) is 5.92. The number of piperidine rings is 1. The average molecular weight is 225 g/mol. The molecule has 4 nitrogen and oxygen atoms in total. The Morgan fingerprint density at radius 1 is 1.44 bits per heavy atom. The van der Waals surface area contributed by atoms with Crippen LogP contribution < -0.4 is 0 Å². The van der Waals surface area contributed by atoms with Crippen molar-refractivity contribution in [3.63, 3.8) is 0 Å². The second-order valence-corrected chi connectivity index (χ2v) is 4.41. The van der Waals surface area contributed by atoms with Crippen LogP contribution in [0.5, 0.6) is 0 Å². The lowest BCUT2D eigenvalue weighted by molar-refractivity contribution is 0.0806. The molecule has 2 fully saturated rings. The molecule has 0 aromatic carbocycles. The Labute approximate surface area is 96.2 Å². The van der Waals surface area contributed by atoms with Gasteiger partial charge in [-0.2, -0.15) is 0 Å². The summed E-state index contributed by atoms with van der Waals surface area (Å²) >= 11 is 0. The number of carbonyl (C=O) groups is 1. The van der Waals surface area contributed by atoms with E-state index < -0.39 is 0 Å². The maximum atomic E-state index is 11.8. The fourth-order valence-electron chi connectivity index (χ4n) is 2.81. The van der Waals surface area contributed by atoms with Gasteiger partial charge in [0.25, 0.3) is 0 Å². The largest absolute Gasteiger partial charge is 0.504 e. The molecule has 0 aliphatic carbocycles. The van der Waals surface area contributed by atoms with Gasteiger partial charge in [0.1, 0.15) is 0 Å². The number of hydrogen-bond acceptors (Lipinski definition) is 3. The zero-order valence-electron chi connectivity index (χ0n) is 9.94. The molecule has 1 amide bonds. The Morgan fingerprint density at radius 2 is 2.06 bits per heavy atom. The number of nitrogens with zero attached hydrogens (tertiary/aromatic N) is 1. The van der Waals surface area contributed by atoms with Crippen LogP contribution in [0.2, 0.25) is 0 Å². The lowest BCUT2D eigenvalue weighted by Gasteiger charge is -2.34. The van der Waals surface area contributed by atoms with Crippen molar-refractivity contribution in [1.82, 2.24) is 4.90 Å². The maximum absolute atomic E-state index is 11.8. The molecular formula is C12H19NO3. The molecule has 2 saturated heterocycles. The first-order chi connectivity index (χ1) is 7.76. The summed E-state index contributed by atoms with van der Waals surface area (Å²) in [5.41, 5.74) is 1.32. The Bertz CT molecular complexity index is 285. The van der Waals surface area contributed by atoms with Crippen molar-refractivity contribution in [3.8, 4) is 0 Å². The van der Waals surface area contributed by atoms with Crippen LogP contribution in [0.15, 0.2) is 11.8 Å². The van der Waals surface area contributed by atoms with Gasteiger partial charge in [-0.3, -0.25) is 0 Å². The van der Waals surface area contributed by atoms with Gasteiger partial charge in [0, 0.05) is 12.1 Å². The van der Waals surface area contributed by atoms with Gasteiger partial charge in [-0.05, 0) is 38.2 Å². The monoisotopic (exact) mass is 225 g/mol. The van der Waals surface area contributed by atoms with Gasteiger partial charge >= 0.3 is 6.09 Å². The second kappa shape index (κ2) is 4.76. The highest BCUT2D eigenvalue weighted by molar-refractivity contribution is 5.69. The van der Waals surface area contributed by atoms with Crippen molar-refractivity contribution in [2.75, 3.05) is 13.7 Å². The lowest BCUT2D eigenvalue weighted by atomic mass is 9.98. The molecule has 2 bridgehead atoms. The standard InChI is InChI=1S/C12H19NO3/c1-3-16-12(14)13-10-4-5-11(13)7-9(6-10)8-15-2/h8,10-11H,3-7H2,1-2H3. The molecule has 2 rings (SSSR count). The second-order valence-electron chi connectivity index (χ2n) is 4.41. The molecule has 2 aliphatic rings. The van der Waals surface area contributed by atoms with E-state index in [-0.39, 0.29) is 6.09 Å². The van der Waals surface area contributed by atoms with Crippen LogP contribution in [0.4, 0.5) is 4.79 Å². The van der Waals surface area contributed by atoms with Crippen LogP contribution in [0.25, 0.3) is 0 Å². The zero-order valence-corrected chi connectivity index (χ0v) is 9.94. The molecule has 0 radical (unpaired) electrons. The van der Waals surface area contributed by atoms with Crippen molar-refractivity contribution in [2.45, 2.75) is 44.7 Å². The van der Waals surface area contributed by atoms with Crippen molar-refractivity contribution in [3.05, 3.63) is 11.8 Å². The molecule has 2 atom stereocenters. The summed E-state index contributed by atoms with van der Waals surface area (Å²) in [4.78, 5) is 13.7. The minimum atomic E-state index is -0.147. The predicted octanol–water partition coefficient (Wildman–Crippen LogP) is 2.30. The van der Waals surface area contributed by atoms with E-state index in [1.165, 1.54) is 5.57 Å². The quantitative estimate of drug-likeness (QED) is 0.677. The lowest BCUT2D eigenvalue weighted by Crippen LogP contribution is -2.45. The molecule has 2 aliphatic heterocycles. The van der Waals surface area contributed by atoms with Crippen molar-refractivity contribution in [2.24, 2.45) is 0 Å². The molecule has 2 heterocycles. The van der Waals surface area contributed by atoms with Gasteiger partial charge in [-0.1, -0.05) is 0 Å². The fraction of sp³-hybridized carbons (Fsp3) is 0.750. The van der Waals surface area contributed by atoms with E-state index in [9.17, 15) is 4.79 Å². The third kappa shape index (κ3) is 2.01. The van der Waals surface area contributed by atoms with Gasteiger partial charge < -0.3 is 14.4 Å². The molecule has 16 heavy (non-hydrogen) atoms. The molecular weight excluding hydrogens is 206 g/mol. The molecule has 0 spiro atoms. The number of rotatable bonds is 2. The van der Waals surface area contributed by atoms with Crippen LogP contribution in [-0.4, -0.2) is 36.8 Å². The molecule has 0 aromatic rings. The molecule has 0 N–H and O–H groups in total. The van der Waals surface area contributed by atoms with E-state index in [0.717, 1.165) is 25.7 Å². The minimum Gasteiger partial charge on any atom is -0.504 e. The number of amides is 1. The van der Waals surface area contributed by atoms with E-state index in [4.69, 9.17) is 9.47 Å². The Hall–Kier alpha value is -1.19. The van der Waals surface area contributed by atoms with Crippen molar-refractivity contribution >= 4 is 6.09 Å². The third-order valence-corrected chi connectivity index (χ3v) is 3.38. The van der Waals surface area contributed by atoms with E-state index >= 15 is 0 Å². The normalized spacial score (nSPS) is 27.9. The van der Waals surface area contributed by atoms with Gasteiger partial charge in [-0.15, -0.1) is 0 Å². The number of hydrogen-bond donors (Lipinski definition) is 0. The van der Waals surface area contributed by atoms with Gasteiger partial charge in [-0.25, -0.2) is 4.79 Å². The predicted molar refractivity (Wildman–Crippen MR) is 60.0 cm³/mol. The SMILES string of the molecule is CCOC(=O)N1C2CCC1CC(=COC)C2.